The summed E-state index contributed by atoms with van der Waals surface area (Å²) in [6, 6.07) is 70.3. The van der Waals surface area contributed by atoms with E-state index in [1.807, 2.05) is 18.2 Å². The molecule has 0 N–H and O–H groups in total. The smallest absolute Gasteiger partial charge is 0.164 e. The maximum atomic E-state index is 5.26. The minimum atomic E-state index is 0.623. The molecular formula is C51H33N5. The maximum Gasteiger partial charge on any atom is 0.164 e. The Hall–Kier alpha value is -7.63. The van der Waals surface area contributed by atoms with Crippen LogP contribution in [0.4, 0.5) is 0 Å². The van der Waals surface area contributed by atoms with E-state index < -0.39 is 0 Å². The molecule has 5 nitrogen and oxygen atoms in total. The predicted molar refractivity (Wildman–Crippen MR) is 230 cm³/mol. The zero-order chi connectivity index (χ0) is 37.0. The highest BCUT2D eigenvalue weighted by Gasteiger charge is 2.20. The molecule has 0 fully saturated rings. The van der Waals surface area contributed by atoms with Gasteiger partial charge >= 0.3 is 0 Å². The zero-order valence-corrected chi connectivity index (χ0v) is 30.3. The average molecular weight is 716 g/mol. The van der Waals surface area contributed by atoms with E-state index in [0.29, 0.717) is 17.5 Å². The molecule has 0 radical (unpaired) electrons. The Kier molecular flexibility index (Phi) is 7.42. The fourth-order valence-corrected chi connectivity index (χ4v) is 8.27. The average Bonchev–Trinajstić information content (AvgIpc) is 3.80. The fraction of sp³-hybridized carbons (Fsp3) is 0. The third-order valence-electron chi connectivity index (χ3n) is 10.8. The van der Waals surface area contributed by atoms with Crippen LogP contribution in [0.5, 0.6) is 0 Å². The molecule has 0 aliphatic carbocycles. The predicted octanol–water partition coefficient (Wildman–Crippen LogP) is 12.7. The lowest BCUT2D eigenvalue weighted by Crippen LogP contribution is -2.01. The number of para-hydroxylation sites is 4. The van der Waals surface area contributed by atoms with Crippen LogP contribution in [0.2, 0.25) is 0 Å². The van der Waals surface area contributed by atoms with Gasteiger partial charge in [-0.3, -0.25) is 0 Å². The second kappa shape index (κ2) is 13.0. The van der Waals surface area contributed by atoms with Crippen molar-refractivity contribution in [2.24, 2.45) is 0 Å². The second-order valence-electron chi connectivity index (χ2n) is 14.1. The van der Waals surface area contributed by atoms with Crippen LogP contribution < -0.4 is 0 Å². The van der Waals surface area contributed by atoms with Gasteiger partial charge in [0.2, 0.25) is 0 Å². The molecule has 0 saturated carbocycles. The first-order valence-corrected chi connectivity index (χ1v) is 18.9. The molecule has 0 aliphatic rings. The first-order valence-electron chi connectivity index (χ1n) is 18.9. The highest BCUT2D eigenvalue weighted by atomic mass is 15.0. The van der Waals surface area contributed by atoms with Gasteiger partial charge in [0.05, 0.1) is 22.1 Å². The van der Waals surface area contributed by atoms with Gasteiger partial charge in [-0.25, -0.2) is 15.0 Å². The van der Waals surface area contributed by atoms with E-state index in [2.05, 4.69) is 191 Å². The van der Waals surface area contributed by atoms with Crippen molar-refractivity contribution >= 4 is 43.6 Å². The molecule has 11 aromatic rings. The number of rotatable bonds is 6. The zero-order valence-electron chi connectivity index (χ0n) is 30.3. The summed E-state index contributed by atoms with van der Waals surface area (Å²) in [5.41, 5.74) is 11.8. The largest absolute Gasteiger partial charge is 0.309 e. The van der Waals surface area contributed by atoms with Crippen molar-refractivity contribution in [3.63, 3.8) is 0 Å². The van der Waals surface area contributed by atoms with Gasteiger partial charge in [-0.1, -0.05) is 146 Å². The van der Waals surface area contributed by atoms with E-state index in [-0.39, 0.29) is 0 Å². The minimum absolute atomic E-state index is 0.623. The molecule has 5 heteroatoms. The maximum absolute atomic E-state index is 5.26. The van der Waals surface area contributed by atoms with Crippen molar-refractivity contribution in [3.05, 3.63) is 200 Å². The summed E-state index contributed by atoms with van der Waals surface area (Å²) in [5, 5.41) is 4.75. The van der Waals surface area contributed by atoms with Gasteiger partial charge in [-0.05, 0) is 65.7 Å². The molecule has 0 atom stereocenters. The SMILES string of the molecule is c1ccc(-c2nc(-c3cccc(-c4cccc(-n5c6ccccc6c6ccccc65)c4)c3)nc(-c3cccc4c3c3ccccc3n4-c3ccccc3)n2)cc1. The standard InChI is InChI=1S/C51H33N5/c1-3-16-34(17-4-1)49-52-50(54-51(53-49)43-27-15-31-47-48(43)42-26-9-12-30-46(42)55(47)38-21-5-2-6-22-38)37-20-13-18-35(32-37)36-19-14-23-39(33-36)56-44-28-10-7-24-40(44)41-25-8-11-29-45(41)56/h1-33H. The van der Waals surface area contributed by atoms with Gasteiger partial charge in [-0.15, -0.1) is 0 Å². The Labute approximate surface area is 323 Å². The van der Waals surface area contributed by atoms with Crippen molar-refractivity contribution in [2.75, 3.05) is 0 Å². The number of nitrogens with zero attached hydrogens (tertiary/aromatic N) is 5. The molecule has 0 unspecified atom stereocenters. The lowest BCUT2D eigenvalue weighted by molar-refractivity contribution is 1.08. The summed E-state index contributed by atoms with van der Waals surface area (Å²) < 4.78 is 4.68. The van der Waals surface area contributed by atoms with Crippen molar-refractivity contribution in [3.8, 4) is 56.7 Å². The van der Waals surface area contributed by atoms with E-state index >= 15 is 0 Å². The Morgan fingerprint density at radius 1 is 0.286 bits per heavy atom. The van der Waals surface area contributed by atoms with Gasteiger partial charge in [0.1, 0.15) is 0 Å². The Balaban J connectivity index is 1.08. The van der Waals surface area contributed by atoms with E-state index in [1.54, 1.807) is 0 Å². The van der Waals surface area contributed by atoms with E-state index in [4.69, 9.17) is 15.0 Å². The Bertz CT molecular complexity index is 3200. The van der Waals surface area contributed by atoms with Crippen LogP contribution in [0.3, 0.4) is 0 Å². The lowest BCUT2D eigenvalue weighted by atomic mass is 10.0. The molecule has 3 heterocycles. The Morgan fingerprint density at radius 2 is 0.732 bits per heavy atom. The highest BCUT2D eigenvalue weighted by molar-refractivity contribution is 6.15. The molecule has 3 aromatic heterocycles. The number of aromatic nitrogens is 5. The summed E-state index contributed by atoms with van der Waals surface area (Å²) >= 11 is 0. The first-order chi connectivity index (χ1) is 27.8. The molecule has 0 bridgehead atoms. The van der Waals surface area contributed by atoms with Gasteiger partial charge in [0.15, 0.2) is 17.5 Å². The van der Waals surface area contributed by atoms with Crippen LogP contribution in [0.15, 0.2) is 200 Å². The number of benzene rings is 8. The van der Waals surface area contributed by atoms with Crippen molar-refractivity contribution < 1.29 is 0 Å². The lowest BCUT2D eigenvalue weighted by Gasteiger charge is -2.12. The fourth-order valence-electron chi connectivity index (χ4n) is 8.27. The first kappa shape index (κ1) is 31.9. The molecule has 11 rings (SSSR count). The normalized spacial score (nSPS) is 11.6. The molecule has 0 aliphatic heterocycles. The molecule has 262 valence electrons. The van der Waals surface area contributed by atoms with Gasteiger partial charge < -0.3 is 9.13 Å². The molecule has 8 aromatic carbocycles. The molecular weight excluding hydrogens is 683 g/mol. The summed E-state index contributed by atoms with van der Waals surface area (Å²) in [7, 11) is 0. The van der Waals surface area contributed by atoms with Crippen LogP contribution in [0, 0.1) is 0 Å². The van der Waals surface area contributed by atoms with Crippen LogP contribution in [-0.2, 0) is 0 Å². The summed E-state index contributed by atoms with van der Waals surface area (Å²) in [5.74, 6) is 1.89. The molecule has 56 heavy (non-hydrogen) atoms. The van der Waals surface area contributed by atoms with Gasteiger partial charge in [-0.2, -0.15) is 0 Å². The summed E-state index contributed by atoms with van der Waals surface area (Å²) in [6.45, 7) is 0. The Morgan fingerprint density at radius 3 is 1.45 bits per heavy atom. The number of hydrogen-bond donors (Lipinski definition) is 0. The van der Waals surface area contributed by atoms with Crippen molar-refractivity contribution in [2.45, 2.75) is 0 Å². The van der Waals surface area contributed by atoms with Crippen molar-refractivity contribution in [1.29, 1.82) is 0 Å². The van der Waals surface area contributed by atoms with E-state index in [9.17, 15) is 0 Å². The molecule has 0 saturated heterocycles. The van der Waals surface area contributed by atoms with Gasteiger partial charge in [0.25, 0.3) is 0 Å². The molecule has 0 amide bonds. The topological polar surface area (TPSA) is 48.5 Å². The number of fused-ring (bicyclic) bond motifs is 6. The minimum Gasteiger partial charge on any atom is -0.309 e. The van der Waals surface area contributed by atoms with E-state index in [1.165, 1.54) is 21.8 Å². The highest BCUT2D eigenvalue weighted by Crippen LogP contribution is 2.39. The third kappa shape index (κ3) is 5.21. The monoisotopic (exact) mass is 715 g/mol. The summed E-state index contributed by atoms with van der Waals surface area (Å²) in [6.07, 6.45) is 0. The van der Waals surface area contributed by atoms with Crippen molar-refractivity contribution in [1.82, 2.24) is 24.1 Å². The second-order valence-corrected chi connectivity index (χ2v) is 14.1. The summed E-state index contributed by atoms with van der Waals surface area (Å²) in [4.78, 5) is 15.6. The third-order valence-corrected chi connectivity index (χ3v) is 10.8. The van der Waals surface area contributed by atoms with Crippen LogP contribution >= 0.6 is 0 Å². The molecule has 0 spiro atoms. The van der Waals surface area contributed by atoms with E-state index in [0.717, 1.165) is 61.0 Å². The van der Waals surface area contributed by atoms with Crippen LogP contribution in [-0.4, -0.2) is 24.1 Å². The number of hydrogen-bond acceptors (Lipinski definition) is 3. The van der Waals surface area contributed by atoms with Crippen LogP contribution in [0.25, 0.3) is 100 Å². The quantitative estimate of drug-likeness (QED) is 0.172. The van der Waals surface area contributed by atoms with Gasteiger partial charge in [0, 0.05) is 49.6 Å². The van der Waals surface area contributed by atoms with Crippen LogP contribution in [0.1, 0.15) is 0 Å².